The van der Waals surface area contributed by atoms with Crippen molar-refractivity contribution < 1.29 is 9.13 Å². The van der Waals surface area contributed by atoms with E-state index in [1.807, 2.05) is 10.5 Å². The molecule has 0 aliphatic carbocycles. The van der Waals surface area contributed by atoms with Crippen LogP contribution < -0.4 is 4.74 Å². The molecule has 90 valence electrons. The molecule has 2 heterocycles. The van der Waals surface area contributed by atoms with Gasteiger partial charge in [0, 0.05) is 18.0 Å². The topological polar surface area (TPSA) is 39.4 Å². The van der Waals surface area contributed by atoms with E-state index >= 15 is 0 Å². The molecule has 0 spiro atoms. The van der Waals surface area contributed by atoms with Gasteiger partial charge in [0.15, 0.2) is 0 Å². The van der Waals surface area contributed by atoms with Crippen molar-refractivity contribution in [1.29, 1.82) is 0 Å². The van der Waals surface area contributed by atoms with Crippen molar-refractivity contribution in [2.24, 2.45) is 0 Å². The third kappa shape index (κ3) is 1.60. The van der Waals surface area contributed by atoms with Crippen LogP contribution in [0, 0.1) is 5.82 Å². The zero-order valence-electron chi connectivity index (χ0n) is 9.67. The second-order valence-corrected chi connectivity index (χ2v) is 3.78. The summed E-state index contributed by atoms with van der Waals surface area (Å²) in [5.41, 5.74) is 2.17. The number of fused-ring (bicyclic) bond motifs is 1. The second-order valence-electron chi connectivity index (χ2n) is 3.78. The van der Waals surface area contributed by atoms with Gasteiger partial charge in [-0.2, -0.15) is 0 Å². The summed E-state index contributed by atoms with van der Waals surface area (Å²) >= 11 is 0. The molecule has 0 amide bonds. The smallest absolute Gasteiger partial charge is 0.258 e. The van der Waals surface area contributed by atoms with E-state index in [1.165, 1.54) is 12.1 Å². The number of hydrogen-bond donors (Lipinski definition) is 0. The molecule has 0 radical (unpaired) electrons. The number of hydrogen-bond acceptors (Lipinski definition) is 3. The van der Waals surface area contributed by atoms with Gasteiger partial charge in [-0.1, -0.05) is 12.1 Å². The van der Waals surface area contributed by atoms with E-state index in [9.17, 15) is 4.39 Å². The first kappa shape index (κ1) is 10.7. The average molecular weight is 243 g/mol. The molecule has 0 aliphatic rings. The lowest BCUT2D eigenvalue weighted by molar-refractivity contribution is 0.400. The Balaban J connectivity index is 2.25. The minimum absolute atomic E-state index is 0.275. The molecule has 0 saturated carbocycles. The monoisotopic (exact) mass is 243 g/mol. The molecule has 0 N–H and O–H groups in total. The van der Waals surface area contributed by atoms with E-state index in [1.54, 1.807) is 31.8 Å². The number of imidazole rings is 1. The number of methoxy groups -OCH3 is 1. The molecular formula is C13H10FN3O. The molecule has 0 bridgehead atoms. The molecule has 0 fully saturated rings. The zero-order valence-corrected chi connectivity index (χ0v) is 9.67. The summed E-state index contributed by atoms with van der Waals surface area (Å²) in [6, 6.07) is 6.38. The summed E-state index contributed by atoms with van der Waals surface area (Å²) in [5, 5.41) is 0. The third-order valence-corrected chi connectivity index (χ3v) is 2.71. The van der Waals surface area contributed by atoms with E-state index in [-0.39, 0.29) is 5.82 Å². The van der Waals surface area contributed by atoms with Crippen molar-refractivity contribution >= 4 is 5.65 Å². The standard InChI is InChI=1S/C13H10FN3O/c1-18-13-12-16-8-11(17(12)6-5-15-13)9-3-2-4-10(14)7-9/h2-8H,1H3. The Bertz CT molecular complexity index is 708. The Hall–Kier alpha value is -2.43. The van der Waals surface area contributed by atoms with Crippen LogP contribution in [-0.2, 0) is 0 Å². The van der Waals surface area contributed by atoms with Crippen molar-refractivity contribution in [3.05, 3.63) is 48.7 Å². The summed E-state index contributed by atoms with van der Waals surface area (Å²) in [4.78, 5) is 8.32. The van der Waals surface area contributed by atoms with Gasteiger partial charge in [0.25, 0.3) is 5.88 Å². The highest BCUT2D eigenvalue weighted by Gasteiger charge is 2.10. The largest absolute Gasteiger partial charge is 0.478 e. The zero-order chi connectivity index (χ0) is 12.5. The maximum atomic E-state index is 13.2. The summed E-state index contributed by atoms with van der Waals surface area (Å²) in [7, 11) is 1.54. The van der Waals surface area contributed by atoms with Gasteiger partial charge in [0.2, 0.25) is 5.65 Å². The molecule has 0 unspecified atom stereocenters. The van der Waals surface area contributed by atoms with Gasteiger partial charge in [-0.25, -0.2) is 14.4 Å². The van der Waals surface area contributed by atoms with Crippen LogP contribution in [0.2, 0.25) is 0 Å². The molecule has 3 rings (SSSR count). The fourth-order valence-corrected chi connectivity index (χ4v) is 1.90. The Morgan fingerprint density at radius 2 is 2.17 bits per heavy atom. The number of aromatic nitrogens is 3. The van der Waals surface area contributed by atoms with Crippen molar-refractivity contribution in [3.8, 4) is 17.1 Å². The maximum absolute atomic E-state index is 13.2. The first-order valence-corrected chi connectivity index (χ1v) is 5.41. The number of benzene rings is 1. The highest BCUT2D eigenvalue weighted by atomic mass is 19.1. The van der Waals surface area contributed by atoms with Gasteiger partial charge in [-0.15, -0.1) is 0 Å². The van der Waals surface area contributed by atoms with Crippen molar-refractivity contribution in [2.45, 2.75) is 0 Å². The minimum atomic E-state index is -0.275. The van der Waals surface area contributed by atoms with Crippen LogP contribution in [-0.4, -0.2) is 21.5 Å². The normalized spacial score (nSPS) is 10.8. The van der Waals surface area contributed by atoms with Crippen LogP contribution in [0.3, 0.4) is 0 Å². The van der Waals surface area contributed by atoms with Gasteiger partial charge < -0.3 is 4.74 Å². The number of rotatable bonds is 2. The van der Waals surface area contributed by atoms with Gasteiger partial charge >= 0.3 is 0 Å². The molecule has 0 saturated heterocycles. The van der Waals surface area contributed by atoms with Gasteiger partial charge in [-0.3, -0.25) is 4.40 Å². The number of ether oxygens (including phenoxy) is 1. The number of nitrogens with zero attached hydrogens (tertiary/aromatic N) is 3. The highest BCUT2D eigenvalue weighted by Crippen LogP contribution is 2.24. The van der Waals surface area contributed by atoms with E-state index < -0.39 is 0 Å². The SMILES string of the molecule is COc1nccn2c(-c3cccc(F)c3)cnc12. The Labute approximate surface area is 103 Å². The highest BCUT2D eigenvalue weighted by molar-refractivity contribution is 5.65. The molecule has 0 atom stereocenters. The van der Waals surface area contributed by atoms with E-state index in [4.69, 9.17) is 4.74 Å². The second kappa shape index (κ2) is 4.10. The Kier molecular flexibility index (Phi) is 2.44. The summed E-state index contributed by atoms with van der Waals surface area (Å²) < 4.78 is 20.2. The van der Waals surface area contributed by atoms with Crippen LogP contribution in [0.4, 0.5) is 4.39 Å². The van der Waals surface area contributed by atoms with Gasteiger partial charge in [-0.05, 0) is 12.1 Å². The number of halogens is 1. The Morgan fingerprint density at radius 1 is 1.28 bits per heavy atom. The van der Waals surface area contributed by atoms with Crippen molar-refractivity contribution in [3.63, 3.8) is 0 Å². The summed E-state index contributed by atoms with van der Waals surface area (Å²) in [5.74, 6) is 0.170. The predicted molar refractivity (Wildman–Crippen MR) is 64.9 cm³/mol. The summed E-state index contributed by atoms with van der Waals surface area (Å²) in [6.07, 6.45) is 5.07. The first-order valence-electron chi connectivity index (χ1n) is 5.41. The molecule has 1 aromatic carbocycles. The minimum Gasteiger partial charge on any atom is -0.478 e. The van der Waals surface area contributed by atoms with Crippen LogP contribution in [0.1, 0.15) is 0 Å². The lowest BCUT2D eigenvalue weighted by atomic mass is 10.1. The summed E-state index contributed by atoms with van der Waals surface area (Å²) in [6.45, 7) is 0. The van der Waals surface area contributed by atoms with Crippen LogP contribution >= 0.6 is 0 Å². The molecular weight excluding hydrogens is 233 g/mol. The molecule has 5 heteroatoms. The lowest BCUT2D eigenvalue weighted by Gasteiger charge is -2.03. The van der Waals surface area contributed by atoms with E-state index in [0.717, 1.165) is 11.3 Å². The third-order valence-electron chi connectivity index (χ3n) is 2.71. The molecule has 3 aromatic rings. The van der Waals surface area contributed by atoms with Crippen LogP contribution in [0.15, 0.2) is 42.9 Å². The van der Waals surface area contributed by atoms with E-state index in [2.05, 4.69) is 9.97 Å². The molecule has 18 heavy (non-hydrogen) atoms. The van der Waals surface area contributed by atoms with Gasteiger partial charge in [0.05, 0.1) is 19.0 Å². The van der Waals surface area contributed by atoms with Gasteiger partial charge in [0.1, 0.15) is 5.82 Å². The predicted octanol–water partition coefficient (Wildman–Crippen LogP) is 2.54. The van der Waals surface area contributed by atoms with Crippen molar-refractivity contribution in [2.75, 3.05) is 7.11 Å². The van der Waals surface area contributed by atoms with Crippen LogP contribution in [0.25, 0.3) is 16.9 Å². The molecule has 4 nitrogen and oxygen atoms in total. The fraction of sp³-hybridized carbons (Fsp3) is 0.0769. The quantitative estimate of drug-likeness (QED) is 0.694. The fourth-order valence-electron chi connectivity index (χ4n) is 1.90. The Morgan fingerprint density at radius 3 is 2.94 bits per heavy atom. The average Bonchev–Trinajstić information content (AvgIpc) is 2.82. The molecule has 2 aromatic heterocycles. The first-order chi connectivity index (χ1) is 8.79. The van der Waals surface area contributed by atoms with Crippen LogP contribution in [0.5, 0.6) is 5.88 Å². The van der Waals surface area contributed by atoms with E-state index in [0.29, 0.717) is 11.5 Å². The lowest BCUT2D eigenvalue weighted by Crippen LogP contribution is -1.94. The maximum Gasteiger partial charge on any atom is 0.258 e. The molecule has 0 aliphatic heterocycles. The van der Waals surface area contributed by atoms with Crippen molar-refractivity contribution in [1.82, 2.24) is 14.4 Å².